The molecule has 3 aromatic heterocycles. The summed E-state index contributed by atoms with van der Waals surface area (Å²) in [5.74, 6) is 0.00299. The van der Waals surface area contributed by atoms with E-state index >= 15 is 0 Å². The summed E-state index contributed by atoms with van der Waals surface area (Å²) < 4.78 is 13.3. The van der Waals surface area contributed by atoms with Gasteiger partial charge in [0.2, 0.25) is 0 Å². The van der Waals surface area contributed by atoms with Crippen LogP contribution in [-0.4, -0.2) is 51.5 Å². The molecule has 0 bridgehead atoms. The van der Waals surface area contributed by atoms with Crippen LogP contribution in [0.25, 0.3) is 16.8 Å². The summed E-state index contributed by atoms with van der Waals surface area (Å²) in [7, 11) is 0. The van der Waals surface area contributed by atoms with E-state index in [1.54, 1.807) is 52.0 Å². The summed E-state index contributed by atoms with van der Waals surface area (Å²) in [4.78, 5) is 31.3. The first kappa shape index (κ1) is 25.9. The Labute approximate surface area is 235 Å². The molecule has 1 aliphatic rings. The van der Waals surface area contributed by atoms with Crippen molar-refractivity contribution in [3.05, 3.63) is 102 Å². The molecule has 206 valence electrons. The number of carbonyl (C=O) groups excluding carboxylic acids is 1. The van der Waals surface area contributed by atoms with Gasteiger partial charge in [0.15, 0.2) is 17.3 Å². The molecule has 0 spiro atoms. The lowest BCUT2D eigenvalue weighted by Gasteiger charge is -2.29. The standard InChI is InChI=1S/C31H27N5O5/c37-30(38)29-27(40-17-6-9-21-7-2-1-3-8-21)14-12-24(32-29)22-11-13-26-25(19-22)35(16-18-41-26)31(39)33-28-20-23-10-4-5-15-36(23)34-28/h1-5,7-8,10-15,19-20H,6,9,16-18H2,(H,37,38)(H,33,34,39). The summed E-state index contributed by atoms with van der Waals surface area (Å²) in [6, 6.07) is 25.8. The maximum absolute atomic E-state index is 13.3. The maximum Gasteiger partial charge on any atom is 0.358 e. The number of rotatable bonds is 8. The van der Waals surface area contributed by atoms with Crippen LogP contribution in [0.2, 0.25) is 0 Å². The van der Waals surface area contributed by atoms with E-state index in [4.69, 9.17) is 9.47 Å². The molecular weight excluding hydrogens is 522 g/mol. The van der Waals surface area contributed by atoms with Gasteiger partial charge in [-0.05, 0) is 60.9 Å². The fourth-order valence-electron chi connectivity index (χ4n) is 4.74. The minimum atomic E-state index is -1.18. The molecule has 6 rings (SSSR count). The zero-order chi connectivity index (χ0) is 28.2. The molecule has 0 fully saturated rings. The van der Waals surface area contributed by atoms with Crippen LogP contribution in [0.5, 0.6) is 11.5 Å². The number of carboxylic acid groups (broad SMARTS) is 1. The van der Waals surface area contributed by atoms with Gasteiger partial charge in [0.1, 0.15) is 12.4 Å². The van der Waals surface area contributed by atoms with E-state index in [1.807, 2.05) is 48.5 Å². The van der Waals surface area contributed by atoms with Crippen LogP contribution in [0.1, 0.15) is 22.5 Å². The summed E-state index contributed by atoms with van der Waals surface area (Å²) in [6.45, 7) is 1.03. The number of fused-ring (bicyclic) bond motifs is 2. The molecule has 0 unspecified atom stereocenters. The SMILES string of the molecule is O=C(O)c1nc(-c2ccc3c(c2)N(C(=O)Nc2cc4ccccn4n2)CCO3)ccc1OCCCc1ccccc1. The Morgan fingerprint density at radius 1 is 1.00 bits per heavy atom. The highest BCUT2D eigenvalue weighted by Gasteiger charge is 2.26. The van der Waals surface area contributed by atoms with Crippen molar-refractivity contribution < 1.29 is 24.2 Å². The second-order valence-electron chi connectivity index (χ2n) is 9.50. The Morgan fingerprint density at radius 2 is 1.85 bits per heavy atom. The zero-order valence-corrected chi connectivity index (χ0v) is 22.1. The van der Waals surface area contributed by atoms with Crippen LogP contribution < -0.4 is 19.7 Å². The average Bonchev–Trinajstić information content (AvgIpc) is 3.41. The Hall–Kier alpha value is -5.38. The van der Waals surface area contributed by atoms with Crippen LogP contribution in [0, 0.1) is 0 Å². The van der Waals surface area contributed by atoms with Gasteiger partial charge in [0, 0.05) is 17.8 Å². The van der Waals surface area contributed by atoms with Gasteiger partial charge in [-0.3, -0.25) is 10.2 Å². The predicted molar refractivity (Wildman–Crippen MR) is 154 cm³/mol. The van der Waals surface area contributed by atoms with Gasteiger partial charge >= 0.3 is 12.0 Å². The summed E-state index contributed by atoms with van der Waals surface area (Å²) in [5.41, 5.74) is 3.51. The van der Waals surface area contributed by atoms with Crippen molar-refractivity contribution in [2.75, 3.05) is 30.0 Å². The van der Waals surface area contributed by atoms with Crippen molar-refractivity contribution in [1.29, 1.82) is 0 Å². The number of hydrogen-bond donors (Lipinski definition) is 2. The number of aromatic nitrogens is 3. The Morgan fingerprint density at radius 3 is 2.68 bits per heavy atom. The second kappa shape index (κ2) is 11.4. The molecule has 0 radical (unpaired) electrons. The molecule has 10 nitrogen and oxygen atoms in total. The number of pyridine rings is 2. The first-order valence-electron chi connectivity index (χ1n) is 13.3. The van der Waals surface area contributed by atoms with Gasteiger partial charge in [-0.2, -0.15) is 0 Å². The van der Waals surface area contributed by atoms with E-state index < -0.39 is 5.97 Å². The van der Waals surface area contributed by atoms with E-state index in [2.05, 4.69) is 15.4 Å². The molecule has 0 atom stereocenters. The first-order chi connectivity index (χ1) is 20.0. The molecule has 2 amide bonds. The molecule has 4 heterocycles. The number of ether oxygens (including phenoxy) is 2. The molecule has 0 saturated carbocycles. The van der Waals surface area contributed by atoms with Crippen LogP contribution in [0.15, 0.2) is 91.1 Å². The highest BCUT2D eigenvalue weighted by molar-refractivity contribution is 6.03. The van der Waals surface area contributed by atoms with Crippen molar-refractivity contribution in [2.24, 2.45) is 0 Å². The lowest BCUT2D eigenvalue weighted by molar-refractivity contribution is 0.0685. The number of hydrogen-bond acceptors (Lipinski definition) is 6. The highest BCUT2D eigenvalue weighted by Crippen LogP contribution is 2.36. The van der Waals surface area contributed by atoms with Gasteiger partial charge in [-0.15, -0.1) is 5.10 Å². The van der Waals surface area contributed by atoms with E-state index in [-0.39, 0.29) is 17.5 Å². The quantitative estimate of drug-likeness (QED) is 0.244. The number of carboxylic acids is 1. The molecule has 0 saturated heterocycles. The normalized spacial score (nSPS) is 12.4. The van der Waals surface area contributed by atoms with E-state index in [0.29, 0.717) is 48.3 Å². The number of benzene rings is 2. The maximum atomic E-state index is 13.3. The summed E-state index contributed by atoms with van der Waals surface area (Å²) in [6.07, 6.45) is 3.37. The number of anilines is 2. The number of aromatic carboxylic acids is 1. The van der Waals surface area contributed by atoms with Gasteiger partial charge in [0.25, 0.3) is 0 Å². The number of carbonyl (C=O) groups is 2. The Bertz CT molecular complexity index is 1690. The molecule has 0 aliphatic carbocycles. The van der Waals surface area contributed by atoms with Crippen molar-refractivity contribution in [3.63, 3.8) is 0 Å². The number of amides is 2. The minimum Gasteiger partial charge on any atom is -0.491 e. The number of urea groups is 1. The van der Waals surface area contributed by atoms with Crippen LogP contribution in [0.4, 0.5) is 16.3 Å². The predicted octanol–water partition coefficient (Wildman–Crippen LogP) is 5.54. The molecular formula is C31H27N5O5. The van der Waals surface area contributed by atoms with Crippen LogP contribution in [-0.2, 0) is 6.42 Å². The lowest BCUT2D eigenvalue weighted by atomic mass is 10.1. The lowest BCUT2D eigenvalue weighted by Crippen LogP contribution is -2.40. The van der Waals surface area contributed by atoms with Crippen LogP contribution in [0.3, 0.4) is 0 Å². The zero-order valence-electron chi connectivity index (χ0n) is 22.1. The van der Waals surface area contributed by atoms with Gasteiger partial charge in [-0.25, -0.2) is 19.1 Å². The molecule has 41 heavy (non-hydrogen) atoms. The van der Waals surface area contributed by atoms with Crippen molar-refractivity contribution in [3.8, 4) is 22.8 Å². The molecule has 10 heteroatoms. The molecule has 5 aromatic rings. The third-order valence-corrected chi connectivity index (χ3v) is 6.74. The third-order valence-electron chi connectivity index (χ3n) is 6.74. The first-order valence-corrected chi connectivity index (χ1v) is 13.3. The smallest absolute Gasteiger partial charge is 0.358 e. The number of nitrogens with zero attached hydrogens (tertiary/aromatic N) is 4. The molecule has 2 N–H and O–H groups in total. The van der Waals surface area contributed by atoms with E-state index in [0.717, 1.165) is 18.4 Å². The fourth-order valence-corrected chi connectivity index (χ4v) is 4.74. The Kier molecular flexibility index (Phi) is 7.19. The van der Waals surface area contributed by atoms with Crippen molar-refractivity contribution in [1.82, 2.24) is 14.6 Å². The fraction of sp³-hybridized carbons (Fsp3) is 0.161. The topological polar surface area (TPSA) is 118 Å². The van der Waals surface area contributed by atoms with Gasteiger partial charge < -0.3 is 14.6 Å². The molecule has 2 aromatic carbocycles. The highest BCUT2D eigenvalue weighted by atomic mass is 16.5. The van der Waals surface area contributed by atoms with E-state index in [9.17, 15) is 14.7 Å². The third kappa shape index (κ3) is 5.67. The van der Waals surface area contributed by atoms with E-state index in [1.165, 1.54) is 5.56 Å². The number of aryl methyl sites for hydroxylation is 1. The van der Waals surface area contributed by atoms with Crippen molar-refractivity contribution in [2.45, 2.75) is 12.8 Å². The molecule has 1 aliphatic heterocycles. The van der Waals surface area contributed by atoms with Gasteiger partial charge in [-0.1, -0.05) is 36.4 Å². The van der Waals surface area contributed by atoms with Crippen LogP contribution >= 0.6 is 0 Å². The van der Waals surface area contributed by atoms with Crippen molar-refractivity contribution >= 4 is 29.0 Å². The second-order valence-corrected chi connectivity index (χ2v) is 9.50. The summed E-state index contributed by atoms with van der Waals surface area (Å²) >= 11 is 0. The Balaban J connectivity index is 1.20. The van der Waals surface area contributed by atoms with Gasteiger partial charge in [0.05, 0.1) is 30.0 Å². The largest absolute Gasteiger partial charge is 0.491 e. The summed E-state index contributed by atoms with van der Waals surface area (Å²) in [5, 5.41) is 17.1. The monoisotopic (exact) mass is 549 g/mol. The number of nitrogens with one attached hydrogen (secondary N) is 1. The minimum absolute atomic E-state index is 0.169. The average molecular weight is 550 g/mol.